The summed E-state index contributed by atoms with van der Waals surface area (Å²) in [4.78, 5) is 93.2. The molecule has 8 atom stereocenters. The van der Waals surface area contributed by atoms with E-state index < -0.39 is 36.3 Å². The highest BCUT2D eigenvalue weighted by molar-refractivity contribution is 5.96. The molecule has 8 rings (SSSR count). The second kappa shape index (κ2) is 30.1. The molecule has 4 aliphatic rings. The molecule has 0 spiro atoms. The molecule has 0 saturated carbocycles. The summed E-state index contributed by atoms with van der Waals surface area (Å²) in [7, 11) is 6.71. The molecule has 4 aromatic carbocycles. The van der Waals surface area contributed by atoms with E-state index in [4.69, 9.17) is 18.9 Å². The second-order valence-electron chi connectivity index (χ2n) is 22.3. The Balaban J connectivity index is 1.01. The number of carbonyl (C=O) groups is 6. The minimum Gasteiger partial charge on any atom is -0.381 e. The van der Waals surface area contributed by atoms with Gasteiger partial charge in [0.05, 0.1) is 36.4 Å². The summed E-state index contributed by atoms with van der Waals surface area (Å²) in [5.41, 5.74) is 4.83. The van der Waals surface area contributed by atoms with Crippen LogP contribution in [0.5, 0.6) is 0 Å². The third kappa shape index (κ3) is 15.6. The number of carbonyl (C=O) groups excluding carboxylic acids is 6. The standard InChI is InChI=1S/C64H86N8O10/c1-43(65-3)59(73)67-57(49-29-37-81-38-30-49)63(77)71-35-27-55(79-5)53(71)41-69(33-25-45-13-9-7-10-14-45)61(75)51-21-17-47(18-22-51)48-19-23-52(24-20-48)62(76)70(34-26-46-15-11-8-12-16-46)42-54-56(80-6)28-36-72(54)64(78)58(50-31-39-82-40-32-50)68-60(74)44(2)66-4/h7-24,43-44,49-50,53-58,65-66H,25-42H2,1-6H3,(H,67,73)(H,68,74)/t43-,44-,53+,54+,55-,56-,57-,58-/m0/s1. The average Bonchev–Trinajstić information content (AvgIpc) is 4.28. The van der Waals surface area contributed by atoms with E-state index in [1.165, 1.54) is 0 Å². The highest BCUT2D eigenvalue weighted by Gasteiger charge is 2.46. The van der Waals surface area contributed by atoms with E-state index in [-0.39, 0.29) is 72.6 Å². The van der Waals surface area contributed by atoms with Gasteiger partial charge in [0.2, 0.25) is 23.6 Å². The predicted octanol–water partition coefficient (Wildman–Crippen LogP) is 4.99. The Morgan fingerprint density at radius 2 is 0.878 bits per heavy atom. The maximum atomic E-state index is 14.8. The molecule has 442 valence electrons. The first kappa shape index (κ1) is 61.5. The Labute approximate surface area is 484 Å². The van der Waals surface area contributed by atoms with Gasteiger partial charge in [-0.3, -0.25) is 28.8 Å². The molecule has 18 heteroatoms. The fourth-order valence-electron chi connectivity index (χ4n) is 12.0. The van der Waals surface area contributed by atoms with E-state index in [2.05, 4.69) is 21.3 Å². The zero-order chi connectivity index (χ0) is 58.1. The van der Waals surface area contributed by atoms with Crippen molar-refractivity contribution < 1.29 is 47.7 Å². The van der Waals surface area contributed by atoms with Crippen LogP contribution in [0.15, 0.2) is 109 Å². The number of likely N-dealkylation sites (N-methyl/N-ethyl adjacent to an activating group) is 2. The number of nitrogens with zero attached hydrogens (tertiary/aromatic N) is 4. The minimum absolute atomic E-state index is 0.102. The summed E-state index contributed by atoms with van der Waals surface area (Å²) in [5.74, 6) is -1.43. The molecule has 82 heavy (non-hydrogen) atoms. The Morgan fingerprint density at radius 3 is 1.21 bits per heavy atom. The molecule has 6 amide bonds. The smallest absolute Gasteiger partial charge is 0.253 e. The van der Waals surface area contributed by atoms with Crippen molar-refractivity contribution in [2.75, 3.05) is 94.0 Å². The molecule has 0 unspecified atom stereocenters. The van der Waals surface area contributed by atoms with Crippen LogP contribution >= 0.6 is 0 Å². The topological polar surface area (TPSA) is 200 Å². The summed E-state index contributed by atoms with van der Waals surface area (Å²) in [6.07, 6.45) is 4.28. The third-order valence-corrected chi connectivity index (χ3v) is 17.4. The van der Waals surface area contributed by atoms with Gasteiger partial charge in [-0.2, -0.15) is 0 Å². The molecule has 0 aliphatic carbocycles. The molecular formula is C64H86N8O10. The van der Waals surface area contributed by atoms with Gasteiger partial charge in [0.1, 0.15) is 12.1 Å². The van der Waals surface area contributed by atoms with E-state index in [9.17, 15) is 28.8 Å². The monoisotopic (exact) mass is 1130 g/mol. The van der Waals surface area contributed by atoms with Crippen molar-refractivity contribution in [3.05, 3.63) is 131 Å². The molecule has 4 aromatic rings. The lowest BCUT2D eigenvalue weighted by atomic mass is 9.90. The summed E-state index contributed by atoms with van der Waals surface area (Å²) in [6.45, 7) is 7.67. The minimum atomic E-state index is -0.753. The van der Waals surface area contributed by atoms with Crippen LogP contribution in [0.4, 0.5) is 0 Å². The highest BCUT2D eigenvalue weighted by Crippen LogP contribution is 2.31. The summed E-state index contributed by atoms with van der Waals surface area (Å²) in [5, 5.41) is 12.1. The van der Waals surface area contributed by atoms with Crippen LogP contribution in [0, 0.1) is 11.8 Å². The SMILES string of the molecule is CN[C@@H](C)C(=O)N[C@H](C(=O)N1CC[C@H](OC)[C@H]1CN(CCc1ccccc1)C(=O)c1ccc(-c2ccc(C(=O)N(CCc3ccccc3)C[C@@H]3[C@@H](OC)CCN3C(=O)[C@@H](NC(=O)[C@H](C)NC)C3CCOCC3)cc2)cc1)C1CCOCC1. The van der Waals surface area contributed by atoms with Crippen molar-refractivity contribution in [2.24, 2.45) is 11.8 Å². The van der Waals surface area contributed by atoms with Crippen LogP contribution in [0.1, 0.15) is 84.2 Å². The normalized spacial score (nSPS) is 21.0. The number of likely N-dealkylation sites (tertiary alicyclic amines) is 2. The average molecular weight is 1130 g/mol. The number of methoxy groups -OCH3 is 2. The molecule has 4 N–H and O–H groups in total. The number of nitrogens with one attached hydrogen (secondary N) is 4. The third-order valence-electron chi connectivity index (χ3n) is 17.4. The Kier molecular flexibility index (Phi) is 22.6. The van der Waals surface area contributed by atoms with E-state index in [1.54, 1.807) is 42.2 Å². The molecule has 4 aliphatic heterocycles. The molecule has 4 heterocycles. The number of ether oxygens (including phenoxy) is 4. The summed E-state index contributed by atoms with van der Waals surface area (Å²) < 4.78 is 23.4. The first-order valence-corrected chi connectivity index (χ1v) is 29.5. The quantitative estimate of drug-likeness (QED) is 0.0695. The van der Waals surface area contributed by atoms with Gasteiger partial charge in [0.25, 0.3) is 11.8 Å². The number of hydrogen-bond acceptors (Lipinski definition) is 12. The summed E-state index contributed by atoms with van der Waals surface area (Å²) >= 11 is 0. The molecule has 0 aromatic heterocycles. The molecule has 0 radical (unpaired) electrons. The van der Waals surface area contributed by atoms with Crippen LogP contribution in [0.2, 0.25) is 0 Å². The van der Waals surface area contributed by atoms with Crippen LogP contribution in [0.3, 0.4) is 0 Å². The molecule has 4 saturated heterocycles. The lowest BCUT2D eigenvalue weighted by Gasteiger charge is -2.38. The summed E-state index contributed by atoms with van der Waals surface area (Å²) in [6, 6.07) is 31.5. The number of benzene rings is 4. The van der Waals surface area contributed by atoms with Gasteiger partial charge in [-0.15, -0.1) is 0 Å². The fourth-order valence-corrected chi connectivity index (χ4v) is 12.0. The fraction of sp³-hybridized carbons (Fsp3) is 0.531. The van der Waals surface area contributed by atoms with Gasteiger partial charge in [0.15, 0.2) is 0 Å². The van der Waals surface area contributed by atoms with Crippen molar-refractivity contribution in [3.63, 3.8) is 0 Å². The van der Waals surface area contributed by atoms with E-state index >= 15 is 0 Å². The van der Waals surface area contributed by atoms with Gasteiger partial charge in [-0.1, -0.05) is 84.9 Å². The number of rotatable bonds is 25. The Hall–Kier alpha value is -6.54. The van der Waals surface area contributed by atoms with Crippen molar-refractivity contribution in [1.82, 2.24) is 40.9 Å². The van der Waals surface area contributed by atoms with Crippen molar-refractivity contribution in [2.45, 2.75) is 114 Å². The van der Waals surface area contributed by atoms with Crippen molar-refractivity contribution in [3.8, 4) is 11.1 Å². The lowest BCUT2D eigenvalue weighted by molar-refractivity contribution is -0.141. The Morgan fingerprint density at radius 1 is 0.524 bits per heavy atom. The van der Waals surface area contributed by atoms with Crippen LogP contribution in [0.25, 0.3) is 11.1 Å². The van der Waals surface area contributed by atoms with E-state index in [0.717, 1.165) is 22.3 Å². The van der Waals surface area contributed by atoms with Gasteiger partial charge in [-0.25, -0.2) is 0 Å². The van der Waals surface area contributed by atoms with Crippen molar-refractivity contribution >= 4 is 35.4 Å². The van der Waals surface area contributed by atoms with Crippen LogP contribution in [-0.2, 0) is 51.0 Å². The molecule has 4 fully saturated rings. The lowest BCUT2D eigenvalue weighted by Crippen LogP contribution is -2.59. The zero-order valence-electron chi connectivity index (χ0n) is 48.8. The van der Waals surface area contributed by atoms with Crippen LogP contribution < -0.4 is 21.3 Å². The Bertz CT molecular complexity index is 2520. The van der Waals surface area contributed by atoms with Gasteiger partial charge in [-0.05, 0) is 138 Å². The van der Waals surface area contributed by atoms with Crippen LogP contribution in [-0.4, -0.2) is 198 Å². The van der Waals surface area contributed by atoms with Gasteiger partial charge >= 0.3 is 0 Å². The van der Waals surface area contributed by atoms with Crippen molar-refractivity contribution in [1.29, 1.82) is 0 Å². The molecule has 0 bridgehead atoms. The largest absolute Gasteiger partial charge is 0.381 e. The second-order valence-corrected chi connectivity index (χ2v) is 22.3. The van der Waals surface area contributed by atoms with E-state index in [0.29, 0.717) is 115 Å². The first-order valence-electron chi connectivity index (χ1n) is 29.5. The number of amides is 6. The maximum Gasteiger partial charge on any atom is 0.253 e. The van der Waals surface area contributed by atoms with Gasteiger partial charge in [0, 0.05) is 91.0 Å². The first-order chi connectivity index (χ1) is 39.8. The zero-order valence-corrected chi connectivity index (χ0v) is 48.8. The van der Waals surface area contributed by atoms with E-state index in [1.807, 2.05) is 129 Å². The number of hydrogen-bond donors (Lipinski definition) is 4. The molecular weight excluding hydrogens is 1040 g/mol. The predicted molar refractivity (Wildman–Crippen MR) is 314 cm³/mol. The maximum absolute atomic E-state index is 14.8. The molecule has 18 nitrogen and oxygen atoms in total. The van der Waals surface area contributed by atoms with Gasteiger partial charge < -0.3 is 59.8 Å². The highest BCUT2D eigenvalue weighted by atomic mass is 16.5.